The molecule has 0 saturated carbocycles. The van der Waals surface area contributed by atoms with E-state index >= 15 is 0 Å². The molecule has 1 aromatic heterocycles. The Morgan fingerprint density at radius 2 is 2.00 bits per heavy atom. The molecule has 0 bridgehead atoms. The first-order valence-electron chi connectivity index (χ1n) is 9.34. The minimum Gasteiger partial charge on any atom is -0.378 e. The number of piperidine rings is 1. The smallest absolute Gasteiger partial charge is 0.128 e. The monoisotopic (exact) mass is 317 g/mol. The zero-order chi connectivity index (χ0) is 16.1. The van der Waals surface area contributed by atoms with Crippen LogP contribution in [-0.2, 0) is 4.74 Å². The number of unbranched alkanes of at least 4 members (excludes halogenated alkanes) is 1. The molecule has 0 amide bonds. The van der Waals surface area contributed by atoms with Crippen molar-refractivity contribution in [3.8, 4) is 0 Å². The van der Waals surface area contributed by atoms with Crippen molar-refractivity contribution in [2.75, 3.05) is 44.3 Å². The molecule has 2 saturated heterocycles. The Hall–Kier alpha value is -1.13. The van der Waals surface area contributed by atoms with E-state index in [1.54, 1.807) is 0 Å². The van der Waals surface area contributed by atoms with Gasteiger partial charge in [0.15, 0.2) is 0 Å². The Bertz CT molecular complexity index is 499. The summed E-state index contributed by atoms with van der Waals surface area (Å²) in [6.07, 6.45) is 6.55. The van der Waals surface area contributed by atoms with Gasteiger partial charge in [-0.3, -0.25) is 4.90 Å². The van der Waals surface area contributed by atoms with Crippen molar-refractivity contribution in [2.45, 2.75) is 52.0 Å². The maximum atomic E-state index is 5.45. The minimum atomic E-state index is 0.571. The standard InChI is InChI=1S/C19H31N3O/c1-3-4-10-21-11-6-5-7-18(21)17-8-9-19(20-16(17)2)22-12-14-23-15-13-22/h8-9,18H,3-7,10-15H2,1-2H3. The van der Waals surface area contributed by atoms with Gasteiger partial charge in [-0.05, 0) is 50.9 Å². The summed E-state index contributed by atoms with van der Waals surface area (Å²) >= 11 is 0. The number of hydrogen-bond donors (Lipinski definition) is 0. The SMILES string of the molecule is CCCCN1CCCCC1c1ccc(N2CCOCC2)nc1C. The van der Waals surface area contributed by atoms with E-state index in [0.717, 1.165) is 32.1 Å². The zero-order valence-corrected chi connectivity index (χ0v) is 14.8. The molecule has 0 aromatic carbocycles. The molecule has 3 rings (SSSR count). The van der Waals surface area contributed by atoms with Gasteiger partial charge < -0.3 is 9.64 Å². The van der Waals surface area contributed by atoms with Gasteiger partial charge in [0.05, 0.1) is 13.2 Å². The summed E-state index contributed by atoms with van der Waals surface area (Å²) in [5.41, 5.74) is 2.65. The average molecular weight is 317 g/mol. The van der Waals surface area contributed by atoms with Crippen LogP contribution in [0.4, 0.5) is 5.82 Å². The number of morpholine rings is 1. The number of hydrogen-bond acceptors (Lipinski definition) is 4. The van der Waals surface area contributed by atoms with Crippen molar-refractivity contribution in [3.05, 3.63) is 23.4 Å². The Morgan fingerprint density at radius 3 is 2.74 bits per heavy atom. The van der Waals surface area contributed by atoms with Gasteiger partial charge >= 0.3 is 0 Å². The van der Waals surface area contributed by atoms with Crippen molar-refractivity contribution in [3.63, 3.8) is 0 Å². The topological polar surface area (TPSA) is 28.6 Å². The molecule has 2 aliphatic rings. The molecule has 3 heterocycles. The lowest BCUT2D eigenvalue weighted by molar-refractivity contribution is 0.122. The predicted octanol–water partition coefficient (Wildman–Crippen LogP) is 3.55. The summed E-state index contributed by atoms with van der Waals surface area (Å²) in [6.45, 7) is 10.5. The second-order valence-corrected chi connectivity index (χ2v) is 6.84. The number of nitrogens with zero attached hydrogens (tertiary/aromatic N) is 3. The van der Waals surface area contributed by atoms with Crippen molar-refractivity contribution >= 4 is 5.82 Å². The Balaban J connectivity index is 1.75. The van der Waals surface area contributed by atoms with Crippen molar-refractivity contribution in [1.82, 2.24) is 9.88 Å². The first-order valence-corrected chi connectivity index (χ1v) is 9.34. The molecule has 2 fully saturated rings. The highest BCUT2D eigenvalue weighted by atomic mass is 16.5. The van der Waals surface area contributed by atoms with Crippen molar-refractivity contribution in [2.24, 2.45) is 0 Å². The van der Waals surface area contributed by atoms with Crippen LogP contribution < -0.4 is 4.90 Å². The van der Waals surface area contributed by atoms with Crippen LogP contribution in [0.25, 0.3) is 0 Å². The summed E-state index contributed by atoms with van der Waals surface area (Å²) in [6, 6.07) is 5.13. The van der Waals surface area contributed by atoms with Gasteiger partial charge in [-0.25, -0.2) is 4.98 Å². The fourth-order valence-corrected chi connectivity index (χ4v) is 3.85. The summed E-state index contributed by atoms with van der Waals surface area (Å²) in [7, 11) is 0. The maximum absolute atomic E-state index is 5.45. The number of rotatable bonds is 5. The van der Waals surface area contributed by atoms with Gasteiger partial charge in [0, 0.05) is 24.8 Å². The second kappa shape index (κ2) is 8.11. The van der Waals surface area contributed by atoms with Crippen LogP contribution in [0.1, 0.15) is 56.3 Å². The van der Waals surface area contributed by atoms with Crippen LogP contribution in [0.3, 0.4) is 0 Å². The molecule has 23 heavy (non-hydrogen) atoms. The minimum absolute atomic E-state index is 0.571. The molecule has 0 radical (unpaired) electrons. The molecule has 1 aromatic rings. The third-order valence-corrected chi connectivity index (χ3v) is 5.22. The number of likely N-dealkylation sites (tertiary alicyclic amines) is 1. The highest BCUT2D eigenvalue weighted by Crippen LogP contribution is 2.33. The number of pyridine rings is 1. The zero-order valence-electron chi connectivity index (χ0n) is 14.8. The van der Waals surface area contributed by atoms with Gasteiger partial charge in [-0.15, -0.1) is 0 Å². The molecule has 2 aliphatic heterocycles. The van der Waals surface area contributed by atoms with Crippen LogP contribution >= 0.6 is 0 Å². The molecule has 1 atom stereocenters. The third kappa shape index (κ3) is 4.04. The van der Waals surface area contributed by atoms with E-state index in [4.69, 9.17) is 9.72 Å². The molecule has 0 aliphatic carbocycles. The first-order chi connectivity index (χ1) is 11.3. The van der Waals surface area contributed by atoms with Gasteiger partial charge in [0.25, 0.3) is 0 Å². The fraction of sp³-hybridized carbons (Fsp3) is 0.737. The quantitative estimate of drug-likeness (QED) is 0.830. The average Bonchev–Trinajstić information content (AvgIpc) is 2.61. The van der Waals surface area contributed by atoms with Crippen LogP contribution in [0.15, 0.2) is 12.1 Å². The summed E-state index contributed by atoms with van der Waals surface area (Å²) < 4.78 is 5.45. The lowest BCUT2D eigenvalue weighted by atomic mass is 9.94. The van der Waals surface area contributed by atoms with Crippen LogP contribution in [0.2, 0.25) is 0 Å². The van der Waals surface area contributed by atoms with E-state index in [1.165, 1.54) is 56.5 Å². The van der Waals surface area contributed by atoms with Crippen LogP contribution in [0, 0.1) is 6.92 Å². The van der Waals surface area contributed by atoms with Crippen molar-refractivity contribution in [1.29, 1.82) is 0 Å². The van der Waals surface area contributed by atoms with Gasteiger partial charge in [-0.1, -0.05) is 25.8 Å². The van der Waals surface area contributed by atoms with E-state index in [-0.39, 0.29) is 0 Å². The van der Waals surface area contributed by atoms with E-state index in [9.17, 15) is 0 Å². The van der Waals surface area contributed by atoms with E-state index < -0.39 is 0 Å². The van der Waals surface area contributed by atoms with Crippen molar-refractivity contribution < 1.29 is 4.74 Å². The molecule has 0 N–H and O–H groups in total. The third-order valence-electron chi connectivity index (χ3n) is 5.22. The first kappa shape index (κ1) is 16.7. The van der Waals surface area contributed by atoms with Crippen LogP contribution in [0.5, 0.6) is 0 Å². The molecule has 4 heteroatoms. The van der Waals surface area contributed by atoms with E-state index in [0.29, 0.717) is 6.04 Å². The normalized spacial score (nSPS) is 23.2. The van der Waals surface area contributed by atoms with E-state index in [2.05, 4.69) is 35.8 Å². The Morgan fingerprint density at radius 1 is 1.17 bits per heavy atom. The summed E-state index contributed by atoms with van der Waals surface area (Å²) in [4.78, 5) is 9.96. The number of aryl methyl sites for hydroxylation is 1. The number of aromatic nitrogens is 1. The summed E-state index contributed by atoms with van der Waals surface area (Å²) in [5, 5.41) is 0. The Kier molecular flexibility index (Phi) is 5.90. The maximum Gasteiger partial charge on any atom is 0.128 e. The molecule has 4 nitrogen and oxygen atoms in total. The fourth-order valence-electron chi connectivity index (χ4n) is 3.85. The predicted molar refractivity (Wildman–Crippen MR) is 95.1 cm³/mol. The van der Waals surface area contributed by atoms with Crippen LogP contribution in [-0.4, -0.2) is 49.3 Å². The molecular formula is C19H31N3O. The lowest BCUT2D eigenvalue weighted by Gasteiger charge is -2.37. The van der Waals surface area contributed by atoms with Gasteiger partial charge in [0.2, 0.25) is 0 Å². The van der Waals surface area contributed by atoms with Gasteiger partial charge in [0.1, 0.15) is 5.82 Å². The molecule has 0 spiro atoms. The molecule has 128 valence electrons. The molecular weight excluding hydrogens is 286 g/mol. The number of ether oxygens (including phenoxy) is 1. The van der Waals surface area contributed by atoms with Gasteiger partial charge in [-0.2, -0.15) is 0 Å². The second-order valence-electron chi connectivity index (χ2n) is 6.84. The highest BCUT2D eigenvalue weighted by Gasteiger charge is 2.25. The lowest BCUT2D eigenvalue weighted by Crippen LogP contribution is -2.37. The Labute approximate surface area is 140 Å². The largest absolute Gasteiger partial charge is 0.378 e. The summed E-state index contributed by atoms with van der Waals surface area (Å²) in [5.74, 6) is 1.12. The molecule has 1 unspecified atom stereocenters. The van der Waals surface area contributed by atoms with E-state index in [1.807, 2.05) is 0 Å². The highest BCUT2D eigenvalue weighted by molar-refractivity contribution is 5.43. The number of anilines is 1.